The van der Waals surface area contributed by atoms with Gasteiger partial charge in [-0.15, -0.1) is 24.0 Å². The van der Waals surface area contributed by atoms with Crippen molar-refractivity contribution in [1.29, 1.82) is 0 Å². The lowest BCUT2D eigenvalue weighted by Crippen LogP contribution is -2.43. The van der Waals surface area contributed by atoms with Gasteiger partial charge in [-0.25, -0.2) is 13.4 Å². The molecular formula is C18H30IN3O3S. The van der Waals surface area contributed by atoms with Crippen LogP contribution in [-0.4, -0.2) is 69.2 Å². The molecule has 0 aromatic rings. The van der Waals surface area contributed by atoms with Crippen molar-refractivity contribution in [2.45, 2.75) is 38.4 Å². The highest BCUT2D eigenvalue weighted by atomic mass is 127. The number of sulfone groups is 1. The van der Waals surface area contributed by atoms with E-state index in [-0.39, 0.29) is 29.9 Å². The standard InChI is InChI=1S/C18H29N3O3S.HI/c1-12(2)7-19-18(20-8-13-5-6-25(22,23)11-13)21-9-14-15(10-21)17-4-3-16(14)24-17;/h13-17H,1,3-11H2,2H3,(H,19,20);1H. The number of hydrogen-bond donors (Lipinski definition) is 1. The maximum absolute atomic E-state index is 11.7. The minimum atomic E-state index is -2.83. The quantitative estimate of drug-likeness (QED) is 0.278. The fourth-order valence-electron chi connectivity index (χ4n) is 4.88. The fraction of sp³-hybridized carbons (Fsp3) is 0.833. The largest absolute Gasteiger partial charge is 0.374 e. The highest BCUT2D eigenvalue weighted by molar-refractivity contribution is 14.0. The zero-order valence-corrected chi connectivity index (χ0v) is 18.5. The van der Waals surface area contributed by atoms with Crippen LogP contribution in [0, 0.1) is 17.8 Å². The summed E-state index contributed by atoms with van der Waals surface area (Å²) < 4.78 is 29.4. The Bertz CT molecular complexity index is 663. The molecule has 1 N–H and O–H groups in total. The zero-order chi connectivity index (χ0) is 17.6. The Hall–Kier alpha value is -0.350. The van der Waals surface area contributed by atoms with Gasteiger partial charge in [0.05, 0.1) is 30.3 Å². The predicted molar refractivity (Wildman–Crippen MR) is 114 cm³/mol. The van der Waals surface area contributed by atoms with E-state index in [1.807, 2.05) is 6.92 Å². The van der Waals surface area contributed by atoms with Gasteiger partial charge in [0.25, 0.3) is 0 Å². The number of nitrogens with zero attached hydrogens (tertiary/aromatic N) is 2. The summed E-state index contributed by atoms with van der Waals surface area (Å²) in [6, 6.07) is 0. The SMILES string of the molecule is C=C(C)CN=C(NCC1CCS(=O)(=O)C1)N1CC2C3CCC(O3)C2C1.I. The van der Waals surface area contributed by atoms with Gasteiger partial charge in [0.15, 0.2) is 15.8 Å². The summed E-state index contributed by atoms with van der Waals surface area (Å²) in [5, 5.41) is 3.47. The molecule has 0 spiro atoms. The summed E-state index contributed by atoms with van der Waals surface area (Å²) in [4.78, 5) is 7.10. The van der Waals surface area contributed by atoms with Crippen molar-refractivity contribution < 1.29 is 13.2 Å². The van der Waals surface area contributed by atoms with Crippen LogP contribution in [0.2, 0.25) is 0 Å². The molecule has 0 aliphatic carbocycles. The Morgan fingerprint density at radius 2 is 1.88 bits per heavy atom. The number of hydrogen-bond acceptors (Lipinski definition) is 4. The van der Waals surface area contributed by atoms with Gasteiger partial charge in [-0.3, -0.25) is 0 Å². The number of likely N-dealkylation sites (tertiary alicyclic amines) is 1. The van der Waals surface area contributed by atoms with E-state index in [0.717, 1.165) is 31.0 Å². The van der Waals surface area contributed by atoms with E-state index in [4.69, 9.17) is 9.73 Å². The second-order valence-corrected chi connectivity index (χ2v) is 10.5. The smallest absolute Gasteiger partial charge is 0.194 e. The Morgan fingerprint density at radius 1 is 1.23 bits per heavy atom. The predicted octanol–water partition coefficient (Wildman–Crippen LogP) is 1.67. The summed E-state index contributed by atoms with van der Waals surface area (Å²) in [5.74, 6) is 3.00. The molecule has 4 heterocycles. The molecule has 4 aliphatic heterocycles. The molecule has 5 atom stereocenters. The maximum atomic E-state index is 11.7. The van der Waals surface area contributed by atoms with Crippen LogP contribution in [0.5, 0.6) is 0 Å². The molecule has 26 heavy (non-hydrogen) atoms. The minimum Gasteiger partial charge on any atom is -0.374 e. The molecule has 148 valence electrons. The van der Waals surface area contributed by atoms with Gasteiger partial charge >= 0.3 is 0 Å². The van der Waals surface area contributed by atoms with Gasteiger partial charge in [-0.1, -0.05) is 12.2 Å². The molecule has 0 saturated carbocycles. The molecule has 5 unspecified atom stereocenters. The first kappa shape index (κ1) is 20.4. The molecule has 8 heteroatoms. The number of halogens is 1. The summed E-state index contributed by atoms with van der Waals surface area (Å²) in [7, 11) is -2.83. The average Bonchev–Trinajstić information content (AvgIpc) is 3.27. The molecule has 4 fully saturated rings. The number of fused-ring (bicyclic) bond motifs is 5. The van der Waals surface area contributed by atoms with E-state index in [1.165, 1.54) is 12.8 Å². The minimum absolute atomic E-state index is 0. The third-order valence-corrected chi connectivity index (χ3v) is 7.96. The molecule has 6 nitrogen and oxygen atoms in total. The van der Waals surface area contributed by atoms with Crippen LogP contribution < -0.4 is 5.32 Å². The van der Waals surface area contributed by atoms with Gasteiger partial charge in [-0.2, -0.15) is 0 Å². The summed E-state index contributed by atoms with van der Waals surface area (Å²) in [6.45, 7) is 9.22. The highest BCUT2D eigenvalue weighted by Gasteiger charge is 2.53. The van der Waals surface area contributed by atoms with Crippen molar-refractivity contribution in [3.8, 4) is 0 Å². The van der Waals surface area contributed by atoms with E-state index < -0.39 is 9.84 Å². The summed E-state index contributed by atoms with van der Waals surface area (Å²) in [5.41, 5.74) is 1.03. The van der Waals surface area contributed by atoms with E-state index in [2.05, 4.69) is 16.8 Å². The van der Waals surface area contributed by atoms with E-state index in [9.17, 15) is 8.42 Å². The third-order valence-electron chi connectivity index (χ3n) is 6.13. The number of rotatable bonds is 4. The van der Waals surface area contributed by atoms with Crippen LogP contribution in [0.4, 0.5) is 0 Å². The summed E-state index contributed by atoms with van der Waals surface area (Å²) in [6.07, 6.45) is 4.02. The first-order valence-electron chi connectivity index (χ1n) is 9.45. The molecule has 4 rings (SSSR count). The van der Waals surface area contributed by atoms with Crippen LogP contribution in [0.1, 0.15) is 26.2 Å². The van der Waals surface area contributed by atoms with Gasteiger partial charge in [0, 0.05) is 31.5 Å². The van der Waals surface area contributed by atoms with E-state index in [0.29, 0.717) is 48.6 Å². The maximum Gasteiger partial charge on any atom is 0.194 e. The number of ether oxygens (including phenoxy) is 1. The first-order chi connectivity index (χ1) is 11.9. The van der Waals surface area contributed by atoms with Crippen LogP contribution in [-0.2, 0) is 14.6 Å². The average molecular weight is 495 g/mol. The number of nitrogens with one attached hydrogen (secondary N) is 1. The lowest BCUT2D eigenvalue weighted by Gasteiger charge is -2.25. The van der Waals surface area contributed by atoms with Crippen LogP contribution in [0.15, 0.2) is 17.1 Å². The lowest BCUT2D eigenvalue weighted by molar-refractivity contribution is 0.0767. The van der Waals surface area contributed by atoms with Gasteiger partial charge in [0.1, 0.15) is 0 Å². The van der Waals surface area contributed by atoms with Crippen molar-refractivity contribution >= 4 is 39.8 Å². The van der Waals surface area contributed by atoms with Crippen molar-refractivity contribution in [3.05, 3.63) is 12.2 Å². The Labute approximate surface area is 173 Å². The van der Waals surface area contributed by atoms with Crippen LogP contribution in [0.3, 0.4) is 0 Å². The highest BCUT2D eigenvalue weighted by Crippen LogP contribution is 2.47. The molecule has 2 bridgehead atoms. The van der Waals surface area contributed by atoms with Gasteiger partial charge < -0.3 is 15.0 Å². The Kier molecular flexibility index (Phi) is 6.23. The van der Waals surface area contributed by atoms with Gasteiger partial charge in [0.2, 0.25) is 0 Å². The van der Waals surface area contributed by atoms with Crippen molar-refractivity contribution in [1.82, 2.24) is 10.2 Å². The van der Waals surface area contributed by atoms with Crippen molar-refractivity contribution in [2.75, 3.05) is 37.7 Å². The molecule has 0 amide bonds. The molecule has 0 radical (unpaired) electrons. The Morgan fingerprint density at radius 3 is 2.42 bits per heavy atom. The second-order valence-electron chi connectivity index (χ2n) is 8.27. The fourth-order valence-corrected chi connectivity index (χ4v) is 6.74. The molecule has 4 aliphatic rings. The Balaban J connectivity index is 0.00000196. The molecule has 0 aromatic carbocycles. The topological polar surface area (TPSA) is 71.0 Å². The summed E-state index contributed by atoms with van der Waals surface area (Å²) >= 11 is 0. The van der Waals surface area contributed by atoms with Gasteiger partial charge in [-0.05, 0) is 32.1 Å². The third kappa shape index (κ3) is 4.22. The number of aliphatic imine (C=N–C) groups is 1. The van der Waals surface area contributed by atoms with Crippen LogP contribution in [0.25, 0.3) is 0 Å². The van der Waals surface area contributed by atoms with Crippen molar-refractivity contribution in [2.24, 2.45) is 22.7 Å². The monoisotopic (exact) mass is 495 g/mol. The normalized spacial score (nSPS) is 37.5. The lowest BCUT2D eigenvalue weighted by atomic mass is 9.82. The number of guanidine groups is 1. The molecule has 0 aromatic heterocycles. The molecular weight excluding hydrogens is 465 g/mol. The van der Waals surface area contributed by atoms with Crippen LogP contribution >= 0.6 is 24.0 Å². The first-order valence-corrected chi connectivity index (χ1v) is 11.3. The zero-order valence-electron chi connectivity index (χ0n) is 15.4. The second kappa shape index (κ2) is 7.95. The van der Waals surface area contributed by atoms with E-state index >= 15 is 0 Å². The van der Waals surface area contributed by atoms with E-state index in [1.54, 1.807) is 0 Å². The molecule has 4 saturated heterocycles. The van der Waals surface area contributed by atoms with Crippen molar-refractivity contribution in [3.63, 3.8) is 0 Å².